The predicted molar refractivity (Wildman–Crippen MR) is 351 cm³/mol. The van der Waals surface area contributed by atoms with Crippen molar-refractivity contribution in [2.45, 2.75) is 103 Å². The quantitative estimate of drug-likeness (QED) is 0.0773. The van der Waals surface area contributed by atoms with Gasteiger partial charge in [0.05, 0.1) is 21.9 Å². The zero-order valence-corrected chi connectivity index (χ0v) is 53.1. The van der Waals surface area contributed by atoms with Crippen LogP contribution in [0.5, 0.6) is 0 Å². The summed E-state index contributed by atoms with van der Waals surface area (Å²) in [5, 5.41) is 0. The Kier molecular flexibility index (Phi) is 20.0. The average molecular weight is 1210 g/mol. The van der Waals surface area contributed by atoms with E-state index in [-0.39, 0.29) is 58.9 Å². The van der Waals surface area contributed by atoms with Gasteiger partial charge in [-0.1, -0.05) is 259 Å². The summed E-state index contributed by atoms with van der Waals surface area (Å²) < 4.78 is 61.4. The Hall–Kier alpha value is -8.26. The molecule has 10 rings (SSSR count). The van der Waals surface area contributed by atoms with E-state index in [9.17, 15) is 36.0 Å². The molecule has 88 heavy (non-hydrogen) atoms. The Bertz CT molecular complexity index is 3780. The number of sulfonamides is 2. The van der Waals surface area contributed by atoms with Gasteiger partial charge in [0.1, 0.15) is 11.6 Å². The Balaban J connectivity index is 0.000000209. The van der Waals surface area contributed by atoms with Crippen LogP contribution in [0, 0.1) is 36.5 Å². The molecular formula is C76H78N2O8S2. The molecule has 0 spiro atoms. The van der Waals surface area contributed by atoms with Crippen LogP contribution in [0.25, 0.3) is 11.1 Å². The molecule has 0 unspecified atom stereocenters. The average Bonchev–Trinajstić information content (AvgIpc) is 1.03. The minimum Gasteiger partial charge on any atom is -0.299 e. The molecular weight excluding hydrogens is 1130 g/mol. The second kappa shape index (κ2) is 27.4. The maximum atomic E-state index is 14.6. The lowest BCUT2D eigenvalue weighted by Crippen LogP contribution is -2.50. The van der Waals surface area contributed by atoms with E-state index in [0.29, 0.717) is 46.3 Å². The summed E-state index contributed by atoms with van der Waals surface area (Å²) in [6.45, 7) is 15.0. The summed E-state index contributed by atoms with van der Waals surface area (Å²) in [5.41, 5.74) is 7.38. The van der Waals surface area contributed by atoms with Crippen LogP contribution in [0.4, 0.5) is 0 Å². The van der Waals surface area contributed by atoms with Crippen molar-refractivity contribution in [2.75, 3.05) is 13.1 Å². The molecule has 0 N–H and O–H groups in total. The molecule has 4 atom stereocenters. The van der Waals surface area contributed by atoms with Gasteiger partial charge >= 0.3 is 0 Å². The number of aryl methyl sites for hydroxylation is 2. The van der Waals surface area contributed by atoms with Crippen molar-refractivity contribution in [3.8, 4) is 0 Å². The molecule has 8 aromatic rings. The third-order valence-electron chi connectivity index (χ3n) is 16.6. The van der Waals surface area contributed by atoms with Gasteiger partial charge in [0.15, 0.2) is 11.6 Å². The van der Waals surface area contributed by atoms with E-state index >= 15 is 0 Å². The fraction of sp³-hybridized carbons (Fsp3) is 0.263. The SMILES string of the molecule is Cc1ccc(S(=O)(=O)N2C[C@H](CC(=O)C(C)(C)C)C(C(=O)c3ccccc3)=C(c3ccccc3)[C@@H]2Cc2ccccc2)cc1.Cc1ccc(S(=O)(=O)N2C[C@H](CC(=O)C(C)(C)C)C(C(=O)c3ccccc3)=C(c3ccccc3)[C@@H]2Cc2ccccc2)cc1. The van der Waals surface area contributed by atoms with Crippen LogP contribution in [0.2, 0.25) is 0 Å². The van der Waals surface area contributed by atoms with Crippen molar-refractivity contribution in [3.05, 3.63) is 286 Å². The number of Topliss-reactive ketones (excluding diaryl/α,β-unsaturated/α-hetero) is 4. The van der Waals surface area contributed by atoms with Gasteiger partial charge in [-0.3, -0.25) is 19.2 Å². The lowest BCUT2D eigenvalue weighted by atomic mass is 9.74. The van der Waals surface area contributed by atoms with E-state index in [1.807, 2.05) is 213 Å². The molecule has 0 radical (unpaired) electrons. The number of nitrogens with zero attached hydrogens (tertiary/aromatic N) is 2. The number of rotatable bonds is 18. The first-order chi connectivity index (χ1) is 41.9. The van der Waals surface area contributed by atoms with Gasteiger partial charge in [-0.25, -0.2) is 16.8 Å². The molecule has 0 amide bonds. The van der Waals surface area contributed by atoms with E-state index in [1.54, 1.807) is 72.8 Å². The third kappa shape index (κ3) is 14.8. The highest BCUT2D eigenvalue weighted by atomic mass is 32.2. The first kappa shape index (κ1) is 64.2. The van der Waals surface area contributed by atoms with Gasteiger partial charge in [-0.2, -0.15) is 8.61 Å². The molecule has 0 bridgehead atoms. The largest absolute Gasteiger partial charge is 0.299 e. The van der Waals surface area contributed by atoms with Crippen molar-refractivity contribution in [2.24, 2.45) is 22.7 Å². The molecule has 2 heterocycles. The normalized spacial score (nSPS) is 17.8. The lowest BCUT2D eigenvalue weighted by Gasteiger charge is -2.42. The van der Waals surface area contributed by atoms with E-state index in [2.05, 4.69) is 0 Å². The Morgan fingerprint density at radius 1 is 0.386 bits per heavy atom. The molecule has 0 aromatic heterocycles. The first-order valence-corrected chi connectivity index (χ1v) is 32.9. The highest BCUT2D eigenvalue weighted by molar-refractivity contribution is 7.89. The summed E-state index contributed by atoms with van der Waals surface area (Å²) in [7, 11) is -8.06. The molecule has 452 valence electrons. The molecule has 0 saturated carbocycles. The van der Waals surface area contributed by atoms with Crippen molar-refractivity contribution in [1.82, 2.24) is 8.61 Å². The van der Waals surface area contributed by atoms with Crippen LogP contribution < -0.4 is 0 Å². The van der Waals surface area contributed by atoms with Crippen LogP contribution in [0.3, 0.4) is 0 Å². The molecule has 2 aliphatic rings. The molecule has 0 aliphatic carbocycles. The predicted octanol–water partition coefficient (Wildman–Crippen LogP) is 15.1. The van der Waals surface area contributed by atoms with Crippen LogP contribution in [-0.2, 0) is 42.5 Å². The highest BCUT2D eigenvalue weighted by Gasteiger charge is 2.47. The molecule has 2 aliphatic heterocycles. The monoisotopic (exact) mass is 1210 g/mol. The van der Waals surface area contributed by atoms with E-state index < -0.39 is 54.8 Å². The van der Waals surface area contributed by atoms with Gasteiger partial charge in [-0.05, 0) is 84.4 Å². The zero-order valence-electron chi connectivity index (χ0n) is 51.5. The summed E-state index contributed by atoms with van der Waals surface area (Å²) in [4.78, 5) is 56.7. The van der Waals surface area contributed by atoms with Gasteiger partial charge in [0, 0.05) is 70.9 Å². The van der Waals surface area contributed by atoms with Crippen molar-refractivity contribution in [1.29, 1.82) is 0 Å². The minimum absolute atomic E-state index is 0.0137. The van der Waals surface area contributed by atoms with Crippen molar-refractivity contribution >= 4 is 54.3 Å². The van der Waals surface area contributed by atoms with E-state index in [4.69, 9.17) is 0 Å². The minimum atomic E-state index is -4.03. The maximum Gasteiger partial charge on any atom is 0.243 e. The molecule has 0 saturated heterocycles. The van der Waals surface area contributed by atoms with Crippen LogP contribution in [0.1, 0.15) is 108 Å². The lowest BCUT2D eigenvalue weighted by molar-refractivity contribution is -0.127. The van der Waals surface area contributed by atoms with Crippen LogP contribution >= 0.6 is 0 Å². The Morgan fingerprint density at radius 3 is 0.943 bits per heavy atom. The maximum absolute atomic E-state index is 14.6. The van der Waals surface area contributed by atoms with Gasteiger partial charge in [0.25, 0.3) is 0 Å². The fourth-order valence-corrected chi connectivity index (χ4v) is 15.0. The number of carbonyl (C=O) groups is 4. The van der Waals surface area contributed by atoms with Crippen molar-refractivity contribution < 1.29 is 36.0 Å². The second-order valence-electron chi connectivity index (χ2n) is 25.1. The molecule has 12 heteroatoms. The first-order valence-electron chi connectivity index (χ1n) is 30.0. The summed E-state index contributed by atoms with van der Waals surface area (Å²) in [6, 6.07) is 69.1. The number of hydrogen-bond donors (Lipinski definition) is 0. The molecule has 10 nitrogen and oxygen atoms in total. The summed E-state index contributed by atoms with van der Waals surface area (Å²) >= 11 is 0. The van der Waals surface area contributed by atoms with E-state index in [0.717, 1.165) is 33.4 Å². The van der Waals surface area contributed by atoms with Gasteiger partial charge in [-0.15, -0.1) is 0 Å². The van der Waals surface area contributed by atoms with Crippen molar-refractivity contribution in [3.63, 3.8) is 0 Å². The third-order valence-corrected chi connectivity index (χ3v) is 20.4. The zero-order chi connectivity index (χ0) is 63.0. The fourth-order valence-electron chi connectivity index (χ4n) is 11.7. The van der Waals surface area contributed by atoms with Crippen LogP contribution in [0.15, 0.2) is 251 Å². The van der Waals surface area contributed by atoms with E-state index in [1.165, 1.54) is 8.61 Å². The number of benzene rings is 8. The summed E-state index contributed by atoms with van der Waals surface area (Å²) in [6.07, 6.45) is 0.820. The smallest absolute Gasteiger partial charge is 0.243 e. The number of carbonyl (C=O) groups excluding carboxylic acids is 4. The number of ketones is 4. The Labute approximate surface area is 520 Å². The summed E-state index contributed by atoms with van der Waals surface area (Å²) in [5.74, 6) is -1.69. The second-order valence-corrected chi connectivity index (χ2v) is 28.9. The molecule has 8 aromatic carbocycles. The Morgan fingerprint density at radius 2 is 0.659 bits per heavy atom. The standard InChI is InChI=1S/2C38H39NO4S/c2*1-27-20-22-32(23-21-27)44(42,43)39-26-31(25-34(40)38(2,3)4)36(37(41)30-18-12-7-13-19-30)35(29-16-10-6-11-17-29)33(39)24-28-14-8-5-9-15-28/h2*5-23,31,33H,24-26H2,1-4H3/t2*31-,33-/m00/s1. The van der Waals surface area contributed by atoms with Gasteiger partial charge in [0.2, 0.25) is 20.0 Å². The number of hydrogen-bond acceptors (Lipinski definition) is 8. The van der Waals surface area contributed by atoms with Gasteiger partial charge < -0.3 is 0 Å². The molecule has 0 fully saturated rings. The topological polar surface area (TPSA) is 143 Å². The van der Waals surface area contributed by atoms with Crippen LogP contribution in [-0.4, -0.2) is 73.8 Å². The highest BCUT2D eigenvalue weighted by Crippen LogP contribution is 2.45.